The summed E-state index contributed by atoms with van der Waals surface area (Å²) in [4.78, 5) is 15.3. The van der Waals surface area contributed by atoms with E-state index in [-0.39, 0.29) is 37.0 Å². The third-order valence-corrected chi connectivity index (χ3v) is 7.36. The minimum absolute atomic E-state index is 0.105. The number of piperazine rings is 1. The second kappa shape index (κ2) is 9.60. The van der Waals surface area contributed by atoms with Gasteiger partial charge in [-0.05, 0) is 29.1 Å². The molecule has 1 saturated heterocycles. The molecule has 9 heteroatoms. The number of hydrogen-bond acceptors (Lipinski definition) is 5. The summed E-state index contributed by atoms with van der Waals surface area (Å²) < 4.78 is 39.9. The van der Waals surface area contributed by atoms with Gasteiger partial charge in [-0.2, -0.15) is 4.31 Å². The van der Waals surface area contributed by atoms with Gasteiger partial charge in [0.15, 0.2) is 0 Å². The molecule has 6 nitrogen and oxygen atoms in total. The maximum atomic E-state index is 13.2. The van der Waals surface area contributed by atoms with Gasteiger partial charge < -0.3 is 10.2 Å². The monoisotopic (exact) mass is 425 g/mol. The number of carbonyl (C=O) groups is 1. The molecule has 0 aliphatic carbocycles. The molecular weight excluding hydrogens is 401 g/mol. The Morgan fingerprint density at radius 3 is 2.54 bits per heavy atom. The molecule has 1 aliphatic heterocycles. The van der Waals surface area contributed by atoms with Gasteiger partial charge in [0.25, 0.3) is 0 Å². The third-order valence-electron chi connectivity index (χ3n) is 4.63. The van der Waals surface area contributed by atoms with Gasteiger partial charge in [-0.15, -0.1) is 11.3 Å². The van der Waals surface area contributed by atoms with Crippen molar-refractivity contribution in [2.24, 2.45) is 0 Å². The number of nitrogens with zero attached hydrogens (tertiary/aromatic N) is 2. The highest BCUT2D eigenvalue weighted by molar-refractivity contribution is 7.89. The minimum atomic E-state index is -3.43. The van der Waals surface area contributed by atoms with Crippen LogP contribution in [-0.2, 0) is 27.8 Å². The first-order valence-corrected chi connectivity index (χ1v) is 11.7. The van der Waals surface area contributed by atoms with E-state index in [0.29, 0.717) is 26.2 Å². The predicted octanol–water partition coefficient (Wildman–Crippen LogP) is 1.69. The van der Waals surface area contributed by atoms with Crippen LogP contribution in [-0.4, -0.2) is 62.0 Å². The Hall–Kier alpha value is -1.81. The van der Waals surface area contributed by atoms with Crippen LogP contribution in [0.1, 0.15) is 10.4 Å². The number of sulfonamides is 1. The second-order valence-corrected chi connectivity index (χ2v) is 9.78. The summed E-state index contributed by atoms with van der Waals surface area (Å²) in [5, 5.41) is 5.04. The lowest BCUT2D eigenvalue weighted by Gasteiger charge is -2.28. The molecule has 1 N–H and O–H groups in total. The van der Waals surface area contributed by atoms with E-state index in [1.54, 1.807) is 17.0 Å². The highest BCUT2D eigenvalue weighted by Gasteiger charge is 2.25. The summed E-state index contributed by atoms with van der Waals surface area (Å²) in [6.07, 6.45) is 0.229. The summed E-state index contributed by atoms with van der Waals surface area (Å²) in [5.74, 6) is -0.603. The van der Waals surface area contributed by atoms with Crippen LogP contribution in [0.5, 0.6) is 0 Å². The van der Waals surface area contributed by atoms with Gasteiger partial charge in [0.05, 0.1) is 12.2 Å². The van der Waals surface area contributed by atoms with Crippen molar-refractivity contribution in [3.05, 3.63) is 58.0 Å². The average molecular weight is 426 g/mol. The largest absolute Gasteiger partial charge is 0.337 e. The first kappa shape index (κ1) is 20.9. The van der Waals surface area contributed by atoms with E-state index in [4.69, 9.17) is 0 Å². The fraction of sp³-hybridized carbons (Fsp3) is 0.421. The summed E-state index contributed by atoms with van der Waals surface area (Å²) in [5.41, 5.74) is 0.764. The summed E-state index contributed by atoms with van der Waals surface area (Å²) in [6, 6.07) is 9.68. The van der Waals surface area contributed by atoms with E-state index < -0.39 is 10.0 Å². The van der Waals surface area contributed by atoms with Gasteiger partial charge in [-0.3, -0.25) is 4.79 Å². The first-order chi connectivity index (χ1) is 13.4. The zero-order valence-electron chi connectivity index (χ0n) is 15.5. The van der Waals surface area contributed by atoms with Crippen molar-refractivity contribution < 1.29 is 17.6 Å². The normalized spacial score (nSPS) is 15.5. The Bertz CT molecular complexity index is 864. The fourth-order valence-corrected chi connectivity index (χ4v) is 5.20. The molecule has 0 saturated carbocycles. The third kappa shape index (κ3) is 5.84. The van der Waals surface area contributed by atoms with Crippen LogP contribution >= 0.6 is 11.3 Å². The van der Waals surface area contributed by atoms with Crippen LogP contribution in [0.2, 0.25) is 0 Å². The lowest BCUT2D eigenvalue weighted by Crippen LogP contribution is -2.48. The van der Waals surface area contributed by atoms with Gasteiger partial charge >= 0.3 is 0 Å². The number of thiophene rings is 1. The number of amides is 1. The Balaban J connectivity index is 1.69. The number of nitrogens with one attached hydrogen (secondary N) is 1. The van der Waals surface area contributed by atoms with E-state index in [2.05, 4.69) is 5.32 Å². The molecule has 1 aliphatic rings. The van der Waals surface area contributed by atoms with Gasteiger partial charge in [-0.1, -0.05) is 18.2 Å². The molecule has 0 spiro atoms. The quantitative estimate of drug-likeness (QED) is 0.699. The van der Waals surface area contributed by atoms with E-state index >= 15 is 0 Å². The molecule has 2 aromatic rings. The van der Waals surface area contributed by atoms with Crippen LogP contribution in [0.3, 0.4) is 0 Å². The topological polar surface area (TPSA) is 69.7 Å². The standard InChI is InChI=1S/C19H24FN3O3S2/c20-17-5-3-16(4-6-17)15-22(19(24)14-18-2-1-12-27-18)11-13-28(25,26)23-9-7-21-8-10-23/h1-6,12,21H,7-11,13-15H2. The van der Waals surface area contributed by atoms with Gasteiger partial charge in [-0.25, -0.2) is 12.8 Å². The maximum absolute atomic E-state index is 13.2. The number of hydrogen-bond donors (Lipinski definition) is 1. The number of halogens is 1. The molecule has 2 heterocycles. The Kier molecular flexibility index (Phi) is 7.17. The molecule has 1 aromatic heterocycles. The molecule has 1 fully saturated rings. The van der Waals surface area contributed by atoms with Crippen molar-refractivity contribution in [1.82, 2.24) is 14.5 Å². The Morgan fingerprint density at radius 2 is 1.89 bits per heavy atom. The first-order valence-electron chi connectivity index (χ1n) is 9.17. The van der Waals surface area contributed by atoms with Gasteiger partial charge in [0.2, 0.25) is 15.9 Å². The molecule has 0 unspecified atom stereocenters. The molecule has 152 valence electrons. The Labute approximate surface area is 169 Å². The van der Waals surface area contributed by atoms with Crippen LogP contribution in [0.15, 0.2) is 41.8 Å². The molecule has 28 heavy (non-hydrogen) atoms. The van der Waals surface area contributed by atoms with Crippen LogP contribution in [0.25, 0.3) is 0 Å². The van der Waals surface area contributed by atoms with Crippen LogP contribution in [0, 0.1) is 5.82 Å². The predicted molar refractivity (Wildman–Crippen MR) is 108 cm³/mol. The number of benzene rings is 1. The van der Waals surface area contributed by atoms with E-state index in [0.717, 1.165) is 10.4 Å². The average Bonchev–Trinajstić information content (AvgIpc) is 3.20. The maximum Gasteiger partial charge on any atom is 0.228 e. The van der Waals surface area contributed by atoms with Crippen molar-refractivity contribution in [3.8, 4) is 0 Å². The molecule has 1 aromatic carbocycles. The van der Waals surface area contributed by atoms with Crippen molar-refractivity contribution >= 4 is 27.3 Å². The number of carbonyl (C=O) groups excluding carboxylic acids is 1. The SMILES string of the molecule is O=C(Cc1cccs1)N(CCS(=O)(=O)N1CCNCC1)Cc1ccc(F)cc1. The lowest BCUT2D eigenvalue weighted by molar-refractivity contribution is -0.130. The van der Waals surface area contributed by atoms with Crippen LogP contribution < -0.4 is 5.32 Å². The lowest BCUT2D eigenvalue weighted by atomic mass is 10.2. The molecule has 0 radical (unpaired) electrons. The molecule has 3 rings (SSSR count). The smallest absolute Gasteiger partial charge is 0.228 e. The highest BCUT2D eigenvalue weighted by atomic mass is 32.2. The van der Waals surface area contributed by atoms with E-state index in [9.17, 15) is 17.6 Å². The van der Waals surface area contributed by atoms with Gasteiger partial charge in [0, 0.05) is 44.1 Å². The number of rotatable bonds is 8. The van der Waals surface area contributed by atoms with E-state index in [1.807, 2.05) is 17.5 Å². The molecule has 0 atom stereocenters. The summed E-state index contributed by atoms with van der Waals surface area (Å²) >= 11 is 1.49. The zero-order chi connectivity index (χ0) is 20.0. The summed E-state index contributed by atoms with van der Waals surface area (Å²) in [6.45, 7) is 2.52. The van der Waals surface area contributed by atoms with Crippen molar-refractivity contribution in [2.75, 3.05) is 38.5 Å². The molecule has 0 bridgehead atoms. The fourth-order valence-electron chi connectivity index (χ4n) is 3.05. The van der Waals surface area contributed by atoms with Crippen LogP contribution in [0.4, 0.5) is 4.39 Å². The van der Waals surface area contributed by atoms with Crippen molar-refractivity contribution in [1.29, 1.82) is 0 Å². The van der Waals surface area contributed by atoms with Crippen molar-refractivity contribution in [3.63, 3.8) is 0 Å². The highest BCUT2D eigenvalue weighted by Crippen LogP contribution is 2.14. The zero-order valence-corrected chi connectivity index (χ0v) is 17.1. The Morgan fingerprint density at radius 1 is 1.18 bits per heavy atom. The van der Waals surface area contributed by atoms with Crippen molar-refractivity contribution in [2.45, 2.75) is 13.0 Å². The van der Waals surface area contributed by atoms with Gasteiger partial charge in [0.1, 0.15) is 5.82 Å². The molecular formula is C19H24FN3O3S2. The second-order valence-electron chi connectivity index (χ2n) is 6.66. The summed E-state index contributed by atoms with van der Waals surface area (Å²) in [7, 11) is -3.43. The minimum Gasteiger partial charge on any atom is -0.337 e. The van der Waals surface area contributed by atoms with E-state index in [1.165, 1.54) is 27.8 Å². The molecule has 1 amide bonds.